The van der Waals surface area contributed by atoms with E-state index in [1.165, 1.54) is 6.92 Å². The Labute approximate surface area is 59.0 Å². The lowest BCUT2D eigenvalue weighted by molar-refractivity contribution is 0.496. The van der Waals surface area contributed by atoms with Gasteiger partial charge in [-0.3, -0.25) is 0 Å². The van der Waals surface area contributed by atoms with E-state index in [4.69, 9.17) is 0 Å². The van der Waals surface area contributed by atoms with E-state index in [0.29, 0.717) is 0 Å². The summed E-state index contributed by atoms with van der Waals surface area (Å²) in [7, 11) is -5.19. The number of halogens is 2. The van der Waals surface area contributed by atoms with Crippen LogP contribution in [0.25, 0.3) is 0 Å². The van der Waals surface area contributed by atoms with Gasteiger partial charge in [-0.25, -0.2) is 4.57 Å². The van der Waals surface area contributed by atoms with Crippen molar-refractivity contribution >= 4 is 13.6 Å². The maximum absolute atomic E-state index is 11.7. The van der Waals surface area contributed by atoms with Gasteiger partial charge < -0.3 is 0 Å². The van der Waals surface area contributed by atoms with E-state index < -0.39 is 7.91 Å². The van der Waals surface area contributed by atoms with E-state index in [1.807, 2.05) is 0 Å². The summed E-state index contributed by atoms with van der Waals surface area (Å²) in [6.45, 7) is 4.87. The number of nitrogens with zero attached hydrogens (tertiary/aromatic N) is 1. The maximum Gasteiger partial charge on any atom is 0.529 e. The molecule has 0 N–H and O–H groups in total. The van der Waals surface area contributed by atoms with Gasteiger partial charge in [-0.2, -0.15) is 4.76 Å². The third-order valence-electron chi connectivity index (χ3n) is 1.11. The van der Waals surface area contributed by atoms with Crippen molar-refractivity contribution in [1.29, 1.82) is 0 Å². The van der Waals surface area contributed by atoms with Crippen molar-refractivity contribution in [1.82, 2.24) is 0 Å². The summed E-state index contributed by atoms with van der Waals surface area (Å²) in [5, 5.41) is 0. The molecule has 0 aromatic rings. The zero-order chi connectivity index (χ0) is 8.36. The highest BCUT2D eigenvalue weighted by atomic mass is 31.2. The molecule has 0 aromatic carbocycles. The summed E-state index contributed by atoms with van der Waals surface area (Å²) in [6.07, 6.45) is 0. The first-order chi connectivity index (χ1) is 4.33. The molecule has 0 saturated heterocycles. The smallest absolute Gasteiger partial charge is 0.224 e. The Morgan fingerprint density at radius 3 is 2.00 bits per heavy atom. The molecule has 60 valence electrons. The minimum absolute atomic E-state index is 0.0696. The molecular formula is C5H10F2NOP. The Kier molecular flexibility index (Phi) is 3.16. The lowest BCUT2D eigenvalue weighted by Crippen LogP contribution is -2.00. The van der Waals surface area contributed by atoms with Gasteiger partial charge in [0.1, 0.15) is 0 Å². The summed E-state index contributed by atoms with van der Waals surface area (Å²) in [4.78, 5) is 0. The SMILES string of the molecule is CC(=NP(=O)(F)F)C(C)C. The van der Waals surface area contributed by atoms with E-state index in [1.54, 1.807) is 13.8 Å². The first kappa shape index (κ1) is 9.76. The van der Waals surface area contributed by atoms with Crippen molar-refractivity contribution in [3.8, 4) is 0 Å². The maximum atomic E-state index is 11.7. The minimum atomic E-state index is -5.19. The van der Waals surface area contributed by atoms with E-state index in [0.717, 1.165) is 0 Å². The summed E-state index contributed by atoms with van der Waals surface area (Å²) in [5.74, 6) is -0.0696. The second kappa shape index (κ2) is 3.24. The summed E-state index contributed by atoms with van der Waals surface area (Å²) < 4.78 is 36.0. The molecular weight excluding hydrogens is 159 g/mol. The van der Waals surface area contributed by atoms with Crippen molar-refractivity contribution in [3.63, 3.8) is 0 Å². The van der Waals surface area contributed by atoms with Crippen LogP contribution < -0.4 is 0 Å². The van der Waals surface area contributed by atoms with Crippen molar-refractivity contribution in [2.24, 2.45) is 10.7 Å². The molecule has 0 amide bonds. The van der Waals surface area contributed by atoms with Crippen LogP contribution in [0.5, 0.6) is 0 Å². The number of hydrogen-bond donors (Lipinski definition) is 0. The highest BCUT2D eigenvalue weighted by Gasteiger charge is 2.17. The molecule has 0 aliphatic heterocycles. The molecule has 0 rings (SSSR count). The van der Waals surface area contributed by atoms with Gasteiger partial charge >= 0.3 is 7.91 Å². The Morgan fingerprint density at radius 2 is 1.90 bits per heavy atom. The average Bonchev–Trinajstić information content (AvgIpc) is 1.60. The topological polar surface area (TPSA) is 29.4 Å². The quantitative estimate of drug-likeness (QED) is 0.461. The molecule has 0 radical (unpaired) electrons. The van der Waals surface area contributed by atoms with Gasteiger partial charge in [-0.15, -0.1) is 8.39 Å². The molecule has 2 nitrogen and oxygen atoms in total. The molecule has 0 aliphatic carbocycles. The second-order valence-corrected chi connectivity index (χ2v) is 3.40. The summed E-state index contributed by atoms with van der Waals surface area (Å²) >= 11 is 0. The predicted molar refractivity (Wildman–Crippen MR) is 37.8 cm³/mol. The van der Waals surface area contributed by atoms with Crippen LogP contribution in [0, 0.1) is 5.92 Å². The molecule has 0 atom stereocenters. The highest BCUT2D eigenvalue weighted by molar-refractivity contribution is 7.51. The van der Waals surface area contributed by atoms with Crippen molar-refractivity contribution in [2.45, 2.75) is 20.8 Å². The van der Waals surface area contributed by atoms with Crippen LogP contribution in [-0.2, 0) is 4.57 Å². The number of rotatable bonds is 2. The normalized spacial score (nSPS) is 14.4. The van der Waals surface area contributed by atoms with Crippen LogP contribution in [0.4, 0.5) is 8.39 Å². The molecule has 0 aliphatic rings. The minimum Gasteiger partial charge on any atom is -0.224 e. The van der Waals surface area contributed by atoms with E-state index in [2.05, 4.69) is 4.76 Å². The molecule has 5 heteroatoms. The third kappa shape index (κ3) is 4.62. The Bertz CT molecular complexity index is 184. The summed E-state index contributed by atoms with van der Waals surface area (Å²) in [6, 6.07) is 0. The Balaban J connectivity index is 4.33. The fourth-order valence-electron chi connectivity index (χ4n) is 0.299. The average molecular weight is 169 g/mol. The van der Waals surface area contributed by atoms with Gasteiger partial charge in [0.05, 0.1) is 0 Å². The first-order valence-electron chi connectivity index (χ1n) is 2.89. The first-order valence-corrected chi connectivity index (χ1v) is 4.33. The molecule has 0 bridgehead atoms. The highest BCUT2D eigenvalue weighted by Crippen LogP contribution is 2.51. The largest absolute Gasteiger partial charge is 0.529 e. The third-order valence-corrected chi connectivity index (χ3v) is 1.66. The van der Waals surface area contributed by atoms with Gasteiger partial charge in [0.2, 0.25) is 0 Å². The molecule has 0 unspecified atom stereocenters. The van der Waals surface area contributed by atoms with Crippen LogP contribution in [0.15, 0.2) is 4.76 Å². The van der Waals surface area contributed by atoms with E-state index in [9.17, 15) is 13.0 Å². The lowest BCUT2D eigenvalue weighted by Gasteiger charge is -2.01. The standard InChI is InChI=1S/C5H10F2NOP/c1-4(2)5(3)8-10(6,7)9/h4H,1-3H3. The molecule has 10 heavy (non-hydrogen) atoms. The van der Waals surface area contributed by atoms with Gasteiger partial charge in [-0.05, 0) is 12.8 Å². The van der Waals surface area contributed by atoms with Gasteiger partial charge in [0, 0.05) is 5.71 Å². The molecule has 0 heterocycles. The second-order valence-electron chi connectivity index (χ2n) is 2.33. The summed E-state index contributed by atoms with van der Waals surface area (Å²) in [5.41, 5.74) is 0.230. The van der Waals surface area contributed by atoms with Crippen LogP contribution in [0.2, 0.25) is 0 Å². The van der Waals surface area contributed by atoms with Gasteiger partial charge in [-0.1, -0.05) is 13.8 Å². The van der Waals surface area contributed by atoms with Crippen molar-refractivity contribution in [2.75, 3.05) is 0 Å². The van der Waals surface area contributed by atoms with Crippen molar-refractivity contribution in [3.05, 3.63) is 0 Å². The van der Waals surface area contributed by atoms with Crippen LogP contribution in [-0.4, -0.2) is 5.71 Å². The molecule has 0 saturated carbocycles. The predicted octanol–water partition coefficient (Wildman–Crippen LogP) is 3.15. The fourth-order valence-corrected chi connectivity index (χ4v) is 0.897. The molecule has 0 fully saturated rings. The van der Waals surface area contributed by atoms with Gasteiger partial charge in [0.25, 0.3) is 0 Å². The lowest BCUT2D eigenvalue weighted by atomic mass is 10.1. The van der Waals surface area contributed by atoms with E-state index >= 15 is 0 Å². The van der Waals surface area contributed by atoms with Crippen molar-refractivity contribution < 1.29 is 13.0 Å². The Hall–Kier alpha value is -0.240. The molecule has 0 spiro atoms. The van der Waals surface area contributed by atoms with Crippen LogP contribution in [0.3, 0.4) is 0 Å². The van der Waals surface area contributed by atoms with Crippen LogP contribution >= 0.6 is 7.91 Å². The van der Waals surface area contributed by atoms with Gasteiger partial charge in [0.15, 0.2) is 0 Å². The zero-order valence-electron chi connectivity index (χ0n) is 6.14. The zero-order valence-corrected chi connectivity index (χ0v) is 7.03. The molecule has 0 aromatic heterocycles. The fraction of sp³-hybridized carbons (Fsp3) is 0.800. The Morgan fingerprint density at radius 1 is 1.50 bits per heavy atom. The van der Waals surface area contributed by atoms with E-state index in [-0.39, 0.29) is 11.6 Å². The number of hydrogen-bond acceptors (Lipinski definition) is 1. The van der Waals surface area contributed by atoms with Crippen LogP contribution in [0.1, 0.15) is 20.8 Å². The monoisotopic (exact) mass is 169 g/mol.